The SMILES string of the molecule is C[NH+](C)C1C[C@@H]2C(Nc3ncnc4sc5c(c34)CCC5)[C@H](C1)N2CC(F)(F)F. The molecule has 5 nitrogen and oxygen atoms in total. The van der Waals surface area contributed by atoms with Gasteiger partial charge in [-0.15, -0.1) is 11.3 Å². The van der Waals surface area contributed by atoms with E-state index < -0.39 is 12.7 Å². The van der Waals surface area contributed by atoms with E-state index in [0.29, 0.717) is 6.04 Å². The van der Waals surface area contributed by atoms with E-state index in [-0.39, 0.29) is 18.1 Å². The molecule has 0 radical (unpaired) electrons. The fourth-order valence-corrected chi connectivity index (χ4v) is 6.59. The number of nitrogens with zero attached hydrogens (tertiary/aromatic N) is 3. The summed E-state index contributed by atoms with van der Waals surface area (Å²) < 4.78 is 39.2. The molecule has 2 unspecified atom stereocenters. The third-order valence-corrected chi connectivity index (χ3v) is 7.92. The molecule has 2 aliphatic carbocycles. The number of thiophene rings is 1. The van der Waals surface area contributed by atoms with Gasteiger partial charge in [0.2, 0.25) is 0 Å². The number of nitrogens with one attached hydrogen (secondary N) is 2. The summed E-state index contributed by atoms with van der Waals surface area (Å²) in [4.78, 5) is 14.3. The minimum absolute atomic E-state index is 0.0213. The van der Waals surface area contributed by atoms with E-state index in [1.807, 2.05) is 0 Å². The summed E-state index contributed by atoms with van der Waals surface area (Å²) in [6, 6.07) is 0.232. The maximum absolute atomic E-state index is 13.1. The van der Waals surface area contributed by atoms with Crippen LogP contribution < -0.4 is 10.2 Å². The van der Waals surface area contributed by atoms with Gasteiger partial charge in [0.05, 0.1) is 38.1 Å². The minimum Gasteiger partial charge on any atom is -0.364 e. The van der Waals surface area contributed by atoms with Crippen molar-refractivity contribution in [2.24, 2.45) is 0 Å². The third kappa shape index (κ3) is 2.98. The number of hydrogen-bond donors (Lipinski definition) is 2. The Bertz CT molecular complexity index is 882. The number of hydrogen-bond acceptors (Lipinski definition) is 5. The van der Waals surface area contributed by atoms with Crippen LogP contribution in [0.4, 0.5) is 19.0 Å². The van der Waals surface area contributed by atoms with Gasteiger partial charge in [-0.3, -0.25) is 4.90 Å². The topological polar surface area (TPSA) is 45.5 Å². The van der Waals surface area contributed by atoms with Gasteiger partial charge in [0, 0.05) is 29.8 Å². The van der Waals surface area contributed by atoms with E-state index in [2.05, 4.69) is 29.4 Å². The van der Waals surface area contributed by atoms with Gasteiger partial charge in [0.1, 0.15) is 17.0 Å². The molecule has 2 aromatic rings. The van der Waals surface area contributed by atoms with Crippen molar-refractivity contribution in [2.45, 2.75) is 62.4 Å². The van der Waals surface area contributed by atoms with Gasteiger partial charge in [-0.2, -0.15) is 13.2 Å². The van der Waals surface area contributed by atoms with Crippen LogP contribution >= 0.6 is 11.3 Å². The van der Waals surface area contributed by atoms with Gasteiger partial charge in [-0.05, 0) is 24.8 Å². The average Bonchev–Trinajstić information content (AvgIpc) is 3.21. The Balaban J connectivity index is 1.42. The van der Waals surface area contributed by atoms with Crippen molar-refractivity contribution >= 4 is 27.4 Å². The number of quaternary nitrogens is 1. The number of anilines is 1. The van der Waals surface area contributed by atoms with E-state index >= 15 is 0 Å². The summed E-state index contributed by atoms with van der Waals surface area (Å²) in [7, 11) is 4.18. The lowest BCUT2D eigenvalue weighted by Gasteiger charge is -2.60. The normalized spacial score (nSPS) is 29.9. The zero-order chi connectivity index (χ0) is 19.6. The highest BCUT2D eigenvalue weighted by Gasteiger charge is 2.57. The molecule has 2 aromatic heterocycles. The quantitative estimate of drug-likeness (QED) is 0.805. The van der Waals surface area contributed by atoms with Crippen molar-refractivity contribution < 1.29 is 18.1 Å². The predicted octanol–water partition coefficient (Wildman–Crippen LogP) is 1.88. The van der Waals surface area contributed by atoms with Crippen LogP contribution in [0.3, 0.4) is 0 Å². The van der Waals surface area contributed by atoms with Gasteiger partial charge in [0.15, 0.2) is 0 Å². The molecule has 6 rings (SSSR count). The van der Waals surface area contributed by atoms with Crippen molar-refractivity contribution in [3.05, 3.63) is 16.8 Å². The molecule has 4 heterocycles. The van der Waals surface area contributed by atoms with Crippen molar-refractivity contribution in [1.82, 2.24) is 14.9 Å². The van der Waals surface area contributed by atoms with Crippen LogP contribution in [-0.4, -0.2) is 65.9 Å². The van der Waals surface area contributed by atoms with Crippen molar-refractivity contribution in [3.63, 3.8) is 0 Å². The number of halogens is 3. The standard InChI is InChI=1S/C19H24F3N5S/c1-26(2)10-6-12-16(13(7-10)27(12)8-19(20,21)22)25-17-15-11-4-3-5-14(11)28-18(15)24-9-23-17/h9-10,12-13,16H,3-8H2,1-2H3,(H,23,24,25)/p+1/t10?,12-,13+,16?. The number of alkyl halides is 3. The van der Waals surface area contributed by atoms with Crippen LogP contribution in [0.2, 0.25) is 0 Å². The van der Waals surface area contributed by atoms with Crippen molar-refractivity contribution in [3.8, 4) is 0 Å². The lowest BCUT2D eigenvalue weighted by molar-refractivity contribution is -0.889. The van der Waals surface area contributed by atoms with Gasteiger partial charge >= 0.3 is 6.18 Å². The van der Waals surface area contributed by atoms with Crippen molar-refractivity contribution in [1.29, 1.82) is 0 Å². The van der Waals surface area contributed by atoms with Crippen LogP contribution in [0.15, 0.2) is 6.33 Å². The van der Waals surface area contributed by atoms with Gasteiger partial charge in [0.25, 0.3) is 0 Å². The van der Waals surface area contributed by atoms with Gasteiger partial charge in [-0.25, -0.2) is 9.97 Å². The highest BCUT2D eigenvalue weighted by molar-refractivity contribution is 7.19. The number of rotatable bonds is 4. The maximum Gasteiger partial charge on any atom is 0.401 e. The van der Waals surface area contributed by atoms with Crippen LogP contribution in [0.25, 0.3) is 10.2 Å². The molecule has 9 heteroatoms. The Hall–Kier alpha value is -1.45. The summed E-state index contributed by atoms with van der Waals surface area (Å²) in [5.74, 6) is 0.812. The maximum atomic E-state index is 13.1. The molecule has 28 heavy (non-hydrogen) atoms. The van der Waals surface area contributed by atoms with Crippen LogP contribution in [0, 0.1) is 0 Å². The number of fused-ring (bicyclic) bond motifs is 5. The molecule has 0 amide bonds. The van der Waals surface area contributed by atoms with E-state index in [1.165, 1.54) is 15.3 Å². The number of piperidine rings is 1. The molecule has 0 spiro atoms. The summed E-state index contributed by atoms with van der Waals surface area (Å²) in [6.45, 7) is -0.816. The van der Waals surface area contributed by atoms with E-state index in [9.17, 15) is 13.2 Å². The highest BCUT2D eigenvalue weighted by Crippen LogP contribution is 2.44. The molecule has 152 valence electrons. The van der Waals surface area contributed by atoms with Gasteiger partial charge in [-0.1, -0.05) is 0 Å². The smallest absolute Gasteiger partial charge is 0.364 e. The Morgan fingerprint density at radius 2 is 1.96 bits per heavy atom. The van der Waals surface area contributed by atoms with Crippen LogP contribution in [0.5, 0.6) is 0 Å². The first-order valence-corrected chi connectivity index (χ1v) is 10.8. The molecular weight excluding hydrogens is 387 g/mol. The lowest BCUT2D eigenvalue weighted by atomic mass is 9.72. The molecule has 3 fully saturated rings. The first kappa shape index (κ1) is 18.6. The summed E-state index contributed by atoms with van der Waals surface area (Å²) in [6.07, 6.45) is 2.27. The molecule has 2 aliphatic heterocycles. The first-order chi connectivity index (χ1) is 13.3. The van der Waals surface area contributed by atoms with Crippen molar-refractivity contribution in [2.75, 3.05) is 26.0 Å². The summed E-state index contributed by atoms with van der Waals surface area (Å²) in [5, 5.41) is 4.65. The average molecular weight is 413 g/mol. The van der Waals surface area contributed by atoms with Crippen LogP contribution in [0.1, 0.15) is 29.7 Å². The molecule has 4 aliphatic rings. The number of aryl methyl sites for hydroxylation is 2. The van der Waals surface area contributed by atoms with E-state index in [1.54, 1.807) is 22.6 Å². The zero-order valence-corrected chi connectivity index (χ0v) is 16.8. The lowest BCUT2D eigenvalue weighted by Crippen LogP contribution is -3.11. The Morgan fingerprint density at radius 3 is 2.64 bits per heavy atom. The zero-order valence-electron chi connectivity index (χ0n) is 16.0. The first-order valence-electron chi connectivity index (χ1n) is 9.96. The summed E-state index contributed by atoms with van der Waals surface area (Å²) in [5.41, 5.74) is 1.34. The second-order valence-corrected chi connectivity index (χ2v) is 9.68. The highest BCUT2D eigenvalue weighted by atomic mass is 32.1. The fourth-order valence-electron chi connectivity index (χ4n) is 5.36. The predicted molar refractivity (Wildman–Crippen MR) is 103 cm³/mol. The molecular formula is C19H25F3N5S+. The molecule has 2 bridgehead atoms. The van der Waals surface area contributed by atoms with Crippen LogP contribution in [-0.2, 0) is 12.8 Å². The third-order valence-electron chi connectivity index (χ3n) is 6.72. The monoisotopic (exact) mass is 412 g/mol. The summed E-state index contributed by atoms with van der Waals surface area (Å²) >= 11 is 1.73. The molecule has 1 saturated carbocycles. The van der Waals surface area contributed by atoms with E-state index in [0.717, 1.165) is 48.1 Å². The molecule has 2 saturated heterocycles. The van der Waals surface area contributed by atoms with Gasteiger partial charge < -0.3 is 10.2 Å². The Morgan fingerprint density at radius 1 is 1.21 bits per heavy atom. The largest absolute Gasteiger partial charge is 0.401 e. The van der Waals surface area contributed by atoms with E-state index in [4.69, 9.17) is 0 Å². The molecule has 4 atom stereocenters. The Kier molecular flexibility index (Phi) is 4.33. The Labute approximate surface area is 165 Å². The number of aromatic nitrogens is 2. The minimum atomic E-state index is -4.16. The second-order valence-electron chi connectivity index (χ2n) is 8.60. The molecule has 2 N–H and O–H groups in total. The molecule has 0 aromatic carbocycles. The second kappa shape index (κ2) is 6.53. The fraction of sp³-hybridized carbons (Fsp3) is 0.684.